The van der Waals surface area contributed by atoms with E-state index in [0.29, 0.717) is 23.4 Å². The molecule has 0 saturated heterocycles. The molecule has 0 unspecified atom stereocenters. The molecule has 1 heterocycles. The summed E-state index contributed by atoms with van der Waals surface area (Å²) in [6.07, 6.45) is 0. The van der Waals surface area contributed by atoms with Gasteiger partial charge in [0.1, 0.15) is 17.1 Å². The van der Waals surface area contributed by atoms with Crippen molar-refractivity contribution in [3.8, 4) is 16.9 Å². The number of nitrogens with zero attached hydrogens (tertiary/aromatic N) is 3. The Morgan fingerprint density at radius 2 is 1.70 bits per heavy atom. The molecule has 0 aliphatic carbocycles. The number of aromatic nitrogens is 2. The normalized spacial score (nSPS) is 10.9. The van der Waals surface area contributed by atoms with Crippen molar-refractivity contribution in [3.63, 3.8) is 0 Å². The summed E-state index contributed by atoms with van der Waals surface area (Å²) < 4.78 is 25.5. The van der Waals surface area contributed by atoms with E-state index in [1.165, 1.54) is 31.0 Å². The molecule has 0 atom stereocenters. The average Bonchev–Trinajstić information content (AvgIpc) is 3.13. The maximum atomic E-state index is 14.4. The van der Waals surface area contributed by atoms with Crippen molar-refractivity contribution in [1.82, 2.24) is 14.7 Å². The predicted octanol–water partition coefficient (Wildman–Crippen LogP) is 3.31. The summed E-state index contributed by atoms with van der Waals surface area (Å²) in [7, 11) is 6.15. The Morgan fingerprint density at radius 3 is 2.30 bits per heavy atom. The molecule has 7 nitrogen and oxygen atoms in total. The zero-order valence-electron chi connectivity index (χ0n) is 17.2. The van der Waals surface area contributed by atoms with Crippen molar-refractivity contribution in [2.24, 2.45) is 0 Å². The lowest BCUT2D eigenvalue weighted by Crippen LogP contribution is -2.15. The summed E-state index contributed by atoms with van der Waals surface area (Å²) >= 11 is 0. The topological polar surface area (TPSA) is 73.7 Å². The van der Waals surface area contributed by atoms with Crippen LogP contribution >= 0.6 is 0 Å². The summed E-state index contributed by atoms with van der Waals surface area (Å²) in [5.74, 6) is -2.01. The molecule has 1 aromatic heterocycles. The van der Waals surface area contributed by atoms with E-state index >= 15 is 0 Å². The molecule has 156 valence electrons. The Labute approximate surface area is 173 Å². The Hall–Kier alpha value is -3.52. The Morgan fingerprint density at radius 1 is 1.03 bits per heavy atom. The van der Waals surface area contributed by atoms with Crippen LogP contribution in [0.15, 0.2) is 48.5 Å². The molecule has 0 radical (unpaired) electrons. The van der Waals surface area contributed by atoms with E-state index in [4.69, 9.17) is 9.47 Å². The molecule has 2 aromatic carbocycles. The van der Waals surface area contributed by atoms with Gasteiger partial charge in [0, 0.05) is 12.1 Å². The van der Waals surface area contributed by atoms with E-state index in [2.05, 4.69) is 5.10 Å². The average molecular weight is 411 g/mol. The number of halogens is 1. The summed E-state index contributed by atoms with van der Waals surface area (Å²) in [6.45, 7) is 0.488. The highest BCUT2D eigenvalue weighted by Gasteiger charge is 2.31. The molecule has 0 saturated carbocycles. The van der Waals surface area contributed by atoms with Gasteiger partial charge < -0.3 is 14.4 Å². The third kappa shape index (κ3) is 4.23. The number of ether oxygens (including phenoxy) is 2. The van der Waals surface area contributed by atoms with Gasteiger partial charge in [-0.05, 0) is 50.0 Å². The fraction of sp³-hybridized carbons (Fsp3) is 0.227. The highest BCUT2D eigenvalue weighted by Crippen LogP contribution is 2.30. The van der Waals surface area contributed by atoms with Crippen LogP contribution < -0.4 is 0 Å². The molecule has 3 rings (SSSR count). The first-order valence-corrected chi connectivity index (χ1v) is 9.15. The van der Waals surface area contributed by atoms with E-state index in [-0.39, 0.29) is 17.0 Å². The van der Waals surface area contributed by atoms with Crippen LogP contribution in [0.2, 0.25) is 0 Å². The molecule has 0 amide bonds. The minimum Gasteiger partial charge on any atom is -0.465 e. The van der Waals surface area contributed by atoms with Crippen molar-refractivity contribution < 1.29 is 23.5 Å². The number of carbonyl (C=O) groups excluding carboxylic acids is 2. The highest BCUT2D eigenvalue weighted by molar-refractivity contribution is 6.06. The molecule has 30 heavy (non-hydrogen) atoms. The van der Waals surface area contributed by atoms with Gasteiger partial charge in [0.05, 0.1) is 19.9 Å². The Bertz CT molecular complexity index is 1080. The number of benzene rings is 2. The third-order valence-corrected chi connectivity index (χ3v) is 4.38. The van der Waals surface area contributed by atoms with E-state index in [9.17, 15) is 14.0 Å². The fourth-order valence-corrected chi connectivity index (χ4v) is 3.20. The quantitative estimate of drug-likeness (QED) is 0.580. The van der Waals surface area contributed by atoms with E-state index in [1.807, 2.05) is 25.1 Å². The standard InChI is InChI=1S/C22H22FN3O4/c1-25(2)13-14-10-15(12-16(23)11-14)19-18(21(27)29-3)20(22(28)30-4)26(24-19)17-8-6-5-7-9-17/h5-12H,13H2,1-4H3. The highest BCUT2D eigenvalue weighted by atomic mass is 19.1. The van der Waals surface area contributed by atoms with Crippen molar-refractivity contribution in [2.75, 3.05) is 28.3 Å². The molecule has 0 aliphatic rings. The lowest BCUT2D eigenvalue weighted by Gasteiger charge is -2.11. The van der Waals surface area contributed by atoms with E-state index in [1.54, 1.807) is 30.3 Å². The van der Waals surface area contributed by atoms with Crippen LogP contribution in [-0.4, -0.2) is 54.9 Å². The van der Waals surface area contributed by atoms with Crippen LogP contribution in [-0.2, 0) is 16.0 Å². The van der Waals surface area contributed by atoms with Crippen LogP contribution in [0.5, 0.6) is 0 Å². The minimum absolute atomic E-state index is 0.0883. The van der Waals surface area contributed by atoms with Crippen molar-refractivity contribution >= 4 is 11.9 Å². The van der Waals surface area contributed by atoms with Gasteiger partial charge in [-0.15, -0.1) is 0 Å². The molecule has 0 bridgehead atoms. The third-order valence-electron chi connectivity index (χ3n) is 4.38. The molecule has 0 N–H and O–H groups in total. The Balaban J connectivity index is 2.32. The van der Waals surface area contributed by atoms with Crippen LogP contribution in [0.4, 0.5) is 4.39 Å². The smallest absolute Gasteiger partial charge is 0.357 e. The van der Waals surface area contributed by atoms with Gasteiger partial charge in [-0.1, -0.05) is 18.2 Å². The van der Waals surface area contributed by atoms with Crippen LogP contribution in [0.1, 0.15) is 26.4 Å². The van der Waals surface area contributed by atoms with Gasteiger partial charge in [-0.3, -0.25) is 0 Å². The first-order valence-electron chi connectivity index (χ1n) is 9.15. The summed E-state index contributed by atoms with van der Waals surface area (Å²) in [5.41, 5.74) is 1.54. The van der Waals surface area contributed by atoms with Crippen LogP contribution in [0, 0.1) is 5.82 Å². The van der Waals surface area contributed by atoms with Crippen molar-refractivity contribution in [1.29, 1.82) is 0 Å². The monoisotopic (exact) mass is 411 g/mol. The van der Waals surface area contributed by atoms with Gasteiger partial charge in [0.2, 0.25) is 0 Å². The molecule has 0 spiro atoms. The molecule has 0 aliphatic heterocycles. The van der Waals surface area contributed by atoms with Crippen LogP contribution in [0.3, 0.4) is 0 Å². The molecule has 8 heteroatoms. The number of methoxy groups -OCH3 is 2. The van der Waals surface area contributed by atoms with Gasteiger partial charge in [-0.2, -0.15) is 5.10 Å². The summed E-state index contributed by atoms with van der Waals surface area (Å²) in [6, 6.07) is 13.2. The lowest BCUT2D eigenvalue weighted by molar-refractivity contribution is 0.0549. The maximum Gasteiger partial charge on any atom is 0.357 e. The van der Waals surface area contributed by atoms with Gasteiger partial charge in [-0.25, -0.2) is 18.7 Å². The largest absolute Gasteiger partial charge is 0.465 e. The fourth-order valence-electron chi connectivity index (χ4n) is 3.20. The number of esters is 2. The molecular weight excluding hydrogens is 389 g/mol. The van der Waals surface area contributed by atoms with Crippen molar-refractivity contribution in [3.05, 3.63) is 71.2 Å². The maximum absolute atomic E-state index is 14.4. The Kier molecular flexibility index (Phi) is 6.27. The number of hydrogen-bond acceptors (Lipinski definition) is 6. The summed E-state index contributed by atoms with van der Waals surface area (Å²) in [5, 5.41) is 4.48. The SMILES string of the molecule is COC(=O)c1c(-c2cc(F)cc(CN(C)C)c2)nn(-c2ccccc2)c1C(=O)OC. The lowest BCUT2D eigenvalue weighted by atomic mass is 10.0. The van der Waals surface area contributed by atoms with Gasteiger partial charge >= 0.3 is 11.9 Å². The van der Waals surface area contributed by atoms with Crippen molar-refractivity contribution in [2.45, 2.75) is 6.54 Å². The first-order chi connectivity index (χ1) is 14.3. The second-order valence-corrected chi connectivity index (χ2v) is 6.89. The second-order valence-electron chi connectivity index (χ2n) is 6.89. The number of rotatable bonds is 6. The number of para-hydroxylation sites is 1. The molecule has 0 fully saturated rings. The molecule has 3 aromatic rings. The summed E-state index contributed by atoms with van der Waals surface area (Å²) in [4.78, 5) is 27.1. The van der Waals surface area contributed by atoms with Crippen LogP contribution in [0.25, 0.3) is 16.9 Å². The zero-order valence-corrected chi connectivity index (χ0v) is 17.2. The number of carbonyl (C=O) groups is 2. The predicted molar refractivity (Wildman–Crippen MR) is 109 cm³/mol. The minimum atomic E-state index is -0.772. The van der Waals surface area contributed by atoms with E-state index in [0.717, 1.165) is 0 Å². The van der Waals surface area contributed by atoms with Gasteiger partial charge in [0.15, 0.2) is 5.69 Å². The first kappa shape index (κ1) is 21.2. The second kappa shape index (κ2) is 8.87. The molecular formula is C22H22FN3O4. The zero-order chi connectivity index (χ0) is 21.8. The van der Waals surface area contributed by atoms with E-state index < -0.39 is 17.8 Å². The van der Waals surface area contributed by atoms with Gasteiger partial charge in [0.25, 0.3) is 0 Å². The number of hydrogen-bond donors (Lipinski definition) is 0.